The van der Waals surface area contributed by atoms with Gasteiger partial charge in [-0.1, -0.05) is 41.9 Å². The molecule has 0 unspecified atom stereocenters. The number of hydrogen-bond acceptors (Lipinski definition) is 2. The van der Waals surface area contributed by atoms with E-state index in [0.29, 0.717) is 23.5 Å². The van der Waals surface area contributed by atoms with E-state index in [-0.39, 0.29) is 16.9 Å². The molecule has 156 valence electrons. The van der Waals surface area contributed by atoms with Crippen molar-refractivity contribution in [2.24, 2.45) is 34.5 Å². The van der Waals surface area contributed by atoms with Gasteiger partial charge in [0.1, 0.15) is 0 Å². The second-order valence-corrected chi connectivity index (χ2v) is 11.7. The smallest absolute Gasteiger partial charge is 0.159 e. The van der Waals surface area contributed by atoms with Gasteiger partial charge < -0.3 is 5.11 Å². The number of carbonyl (C=O) groups is 1. The van der Waals surface area contributed by atoms with Crippen molar-refractivity contribution in [2.75, 3.05) is 0 Å². The number of benzene rings is 1. The van der Waals surface area contributed by atoms with E-state index in [1.54, 1.807) is 0 Å². The molecule has 3 heteroatoms. The van der Waals surface area contributed by atoms with Crippen LogP contribution in [-0.2, 0) is 4.79 Å². The molecule has 5 rings (SSSR count). The molecule has 4 fully saturated rings. The lowest BCUT2D eigenvalue weighted by atomic mass is 9.45. The minimum Gasteiger partial charge on any atom is -0.393 e. The largest absolute Gasteiger partial charge is 0.393 e. The summed E-state index contributed by atoms with van der Waals surface area (Å²) in [5, 5.41) is 10.7. The Bertz CT molecular complexity index is 843. The average Bonchev–Trinajstić information content (AvgIpc) is 3.00. The second kappa shape index (κ2) is 7.05. The molecular weight excluding hydrogens is 424 g/mol. The molecule has 0 aliphatic heterocycles. The minimum atomic E-state index is -0.111. The highest BCUT2D eigenvalue weighted by atomic mass is 79.9. The zero-order chi connectivity index (χ0) is 20.4. The second-order valence-electron chi connectivity index (χ2n) is 10.8. The SMILES string of the molecule is C[C@]12C/C(=C/c3ccc(Br)cc3)C(=O)C[C@H]1CC[C@@H]1[C@@H]2CC[C@]2(C)[C@@H](O)CC[C@@H]12. The summed E-state index contributed by atoms with van der Waals surface area (Å²) in [5.74, 6) is 3.01. The first kappa shape index (κ1) is 20.0. The van der Waals surface area contributed by atoms with E-state index >= 15 is 0 Å². The van der Waals surface area contributed by atoms with Crippen molar-refractivity contribution in [1.82, 2.24) is 0 Å². The maximum atomic E-state index is 13.0. The van der Waals surface area contributed by atoms with E-state index in [1.165, 1.54) is 25.7 Å². The molecule has 4 saturated carbocycles. The lowest BCUT2D eigenvalue weighted by Gasteiger charge is -2.60. The van der Waals surface area contributed by atoms with E-state index < -0.39 is 0 Å². The number of Topliss-reactive ketones (excluding diaryl/α,β-unsaturated/α-hetero) is 1. The van der Waals surface area contributed by atoms with Crippen molar-refractivity contribution in [3.05, 3.63) is 39.9 Å². The van der Waals surface area contributed by atoms with Crippen LogP contribution in [0.25, 0.3) is 6.08 Å². The molecule has 1 aromatic rings. The summed E-state index contributed by atoms with van der Waals surface area (Å²) in [6.45, 7) is 4.84. The molecule has 0 bridgehead atoms. The summed E-state index contributed by atoms with van der Waals surface area (Å²) < 4.78 is 1.07. The van der Waals surface area contributed by atoms with Crippen LogP contribution >= 0.6 is 15.9 Å². The fraction of sp³-hybridized carbons (Fsp3) is 0.654. The van der Waals surface area contributed by atoms with Gasteiger partial charge in [0.25, 0.3) is 0 Å². The lowest BCUT2D eigenvalue weighted by molar-refractivity contribution is -0.134. The van der Waals surface area contributed by atoms with E-state index in [9.17, 15) is 9.90 Å². The van der Waals surface area contributed by atoms with E-state index in [4.69, 9.17) is 0 Å². The highest BCUT2D eigenvalue weighted by Crippen LogP contribution is 2.66. The van der Waals surface area contributed by atoms with Gasteiger partial charge in [-0.3, -0.25) is 4.79 Å². The van der Waals surface area contributed by atoms with Gasteiger partial charge in [-0.2, -0.15) is 0 Å². The van der Waals surface area contributed by atoms with Gasteiger partial charge in [0, 0.05) is 10.9 Å². The van der Waals surface area contributed by atoms with E-state index in [1.807, 2.05) is 12.1 Å². The summed E-state index contributed by atoms with van der Waals surface area (Å²) in [4.78, 5) is 13.0. The maximum Gasteiger partial charge on any atom is 0.159 e. The molecule has 2 nitrogen and oxygen atoms in total. The quantitative estimate of drug-likeness (QED) is 0.495. The van der Waals surface area contributed by atoms with Crippen molar-refractivity contribution in [2.45, 2.75) is 71.3 Å². The van der Waals surface area contributed by atoms with Gasteiger partial charge in [0.15, 0.2) is 5.78 Å². The maximum absolute atomic E-state index is 13.0. The summed E-state index contributed by atoms with van der Waals surface area (Å²) in [6.07, 6.45) is 10.7. The first-order valence-corrected chi connectivity index (χ1v) is 12.3. The monoisotopic (exact) mass is 456 g/mol. The van der Waals surface area contributed by atoms with Crippen molar-refractivity contribution in [3.8, 4) is 0 Å². The third-order valence-corrected chi connectivity index (χ3v) is 10.1. The average molecular weight is 457 g/mol. The molecule has 7 atom stereocenters. The van der Waals surface area contributed by atoms with Crippen LogP contribution in [0.5, 0.6) is 0 Å². The Kier molecular flexibility index (Phi) is 4.86. The Morgan fingerprint density at radius 1 is 1.00 bits per heavy atom. The van der Waals surface area contributed by atoms with Crippen molar-refractivity contribution >= 4 is 27.8 Å². The van der Waals surface area contributed by atoms with Crippen LogP contribution < -0.4 is 0 Å². The third kappa shape index (κ3) is 3.10. The van der Waals surface area contributed by atoms with Gasteiger partial charge in [-0.05, 0) is 109 Å². The first-order valence-electron chi connectivity index (χ1n) is 11.5. The number of hydrogen-bond donors (Lipinski definition) is 1. The van der Waals surface area contributed by atoms with E-state index in [2.05, 4.69) is 48.0 Å². The molecule has 29 heavy (non-hydrogen) atoms. The zero-order valence-electron chi connectivity index (χ0n) is 17.7. The standard InChI is InChI=1S/C26H33BrO2/c1-25-12-11-22-20(21(25)9-10-24(25)29)8-5-18-14-23(28)17(15-26(18,22)2)13-16-3-6-19(27)7-4-16/h3-4,6-7,13,18,20-22,24,29H,5,8-12,14-15H2,1-2H3/b17-13-/t18-,20+,21+,22+,24+,25+,26+/m1/s1. The summed E-state index contributed by atoms with van der Waals surface area (Å²) in [7, 11) is 0. The minimum absolute atomic E-state index is 0.111. The molecule has 0 heterocycles. The predicted molar refractivity (Wildman–Crippen MR) is 120 cm³/mol. The Hall–Kier alpha value is -0.930. The van der Waals surface area contributed by atoms with Crippen molar-refractivity contribution in [1.29, 1.82) is 0 Å². The van der Waals surface area contributed by atoms with Crippen molar-refractivity contribution in [3.63, 3.8) is 0 Å². The third-order valence-electron chi connectivity index (χ3n) is 9.59. The molecule has 0 radical (unpaired) electrons. The molecule has 4 aliphatic rings. The fourth-order valence-corrected chi connectivity index (χ4v) is 8.14. The number of halogens is 1. The van der Waals surface area contributed by atoms with Crippen LogP contribution in [0.15, 0.2) is 34.3 Å². The van der Waals surface area contributed by atoms with Crippen LogP contribution in [-0.4, -0.2) is 17.0 Å². The van der Waals surface area contributed by atoms with Gasteiger partial charge in [-0.25, -0.2) is 0 Å². The topological polar surface area (TPSA) is 37.3 Å². The predicted octanol–water partition coefficient (Wildman–Crippen LogP) is 6.42. The Labute approximate surface area is 183 Å². The molecule has 0 aromatic heterocycles. The summed E-state index contributed by atoms with van der Waals surface area (Å²) in [6, 6.07) is 8.28. The van der Waals surface area contributed by atoms with E-state index in [0.717, 1.165) is 47.2 Å². The first-order chi connectivity index (χ1) is 13.8. The molecular formula is C26H33BrO2. The van der Waals surface area contributed by atoms with Gasteiger partial charge in [0.05, 0.1) is 6.10 Å². The fourth-order valence-electron chi connectivity index (χ4n) is 7.87. The Morgan fingerprint density at radius 2 is 1.72 bits per heavy atom. The molecule has 0 spiro atoms. The molecule has 0 saturated heterocycles. The molecule has 4 aliphatic carbocycles. The number of rotatable bonds is 1. The number of carbonyl (C=O) groups excluding carboxylic acids is 1. The highest BCUT2D eigenvalue weighted by molar-refractivity contribution is 9.10. The van der Waals surface area contributed by atoms with Crippen LogP contribution in [0.1, 0.15) is 70.8 Å². The van der Waals surface area contributed by atoms with Gasteiger partial charge in [-0.15, -0.1) is 0 Å². The Balaban J connectivity index is 1.45. The number of allylic oxidation sites excluding steroid dienone is 1. The summed E-state index contributed by atoms with van der Waals surface area (Å²) >= 11 is 3.50. The lowest BCUT2D eigenvalue weighted by Crippen LogP contribution is -2.54. The number of aliphatic hydroxyl groups is 1. The van der Waals surface area contributed by atoms with Crippen LogP contribution in [0.3, 0.4) is 0 Å². The van der Waals surface area contributed by atoms with Crippen molar-refractivity contribution < 1.29 is 9.90 Å². The molecule has 0 amide bonds. The van der Waals surface area contributed by atoms with Crippen LogP contribution in [0.2, 0.25) is 0 Å². The number of fused-ring (bicyclic) bond motifs is 5. The van der Waals surface area contributed by atoms with Gasteiger partial charge >= 0.3 is 0 Å². The molecule has 1 N–H and O–H groups in total. The normalized spacial score (nSPS) is 45.6. The Morgan fingerprint density at radius 3 is 2.48 bits per heavy atom. The summed E-state index contributed by atoms with van der Waals surface area (Å²) in [5.41, 5.74) is 2.52. The number of ketones is 1. The zero-order valence-corrected chi connectivity index (χ0v) is 19.2. The number of aliphatic hydroxyl groups excluding tert-OH is 1. The van der Waals surface area contributed by atoms with Crippen LogP contribution in [0, 0.1) is 34.5 Å². The molecule has 1 aromatic carbocycles. The van der Waals surface area contributed by atoms with Crippen LogP contribution in [0.4, 0.5) is 0 Å². The van der Waals surface area contributed by atoms with Gasteiger partial charge in [0.2, 0.25) is 0 Å². The highest BCUT2D eigenvalue weighted by Gasteiger charge is 2.60.